The van der Waals surface area contributed by atoms with Crippen LogP contribution in [0.3, 0.4) is 0 Å². The fraction of sp³-hybridized carbons (Fsp3) is 0.481. The summed E-state index contributed by atoms with van der Waals surface area (Å²) >= 11 is 0. The van der Waals surface area contributed by atoms with Gasteiger partial charge in [0, 0.05) is 19.8 Å². The Kier molecular flexibility index (Phi) is 7.54. The largest absolute Gasteiger partial charge is 0.492 e. The van der Waals surface area contributed by atoms with Crippen LogP contribution in [-0.4, -0.2) is 60.3 Å². The van der Waals surface area contributed by atoms with E-state index in [4.69, 9.17) is 9.47 Å². The number of nitrogens with zero attached hydrogens (tertiary/aromatic N) is 1. The SMILES string of the molecule is CCCN(CCOc1ccccc1)C1(C(=O)NC2(c3ccc(C(=O)O)cc3)CC2)CCOCC1. The molecular weight excluding hydrogens is 432 g/mol. The summed E-state index contributed by atoms with van der Waals surface area (Å²) in [6, 6.07) is 16.6. The highest BCUT2D eigenvalue weighted by Crippen LogP contribution is 2.46. The van der Waals surface area contributed by atoms with E-state index in [9.17, 15) is 14.7 Å². The van der Waals surface area contributed by atoms with Gasteiger partial charge in [0.25, 0.3) is 0 Å². The summed E-state index contributed by atoms with van der Waals surface area (Å²) in [5.74, 6) is -0.0931. The van der Waals surface area contributed by atoms with Crippen molar-refractivity contribution in [3.63, 3.8) is 0 Å². The van der Waals surface area contributed by atoms with Crippen LogP contribution >= 0.6 is 0 Å². The molecule has 0 unspecified atom stereocenters. The molecule has 1 saturated heterocycles. The third-order valence-electron chi connectivity index (χ3n) is 7.00. The zero-order chi connectivity index (χ0) is 24.0. The van der Waals surface area contributed by atoms with Crippen molar-refractivity contribution in [3.8, 4) is 5.75 Å². The van der Waals surface area contributed by atoms with Crippen molar-refractivity contribution < 1.29 is 24.2 Å². The summed E-state index contributed by atoms with van der Waals surface area (Å²) < 4.78 is 11.6. The molecule has 34 heavy (non-hydrogen) atoms. The fourth-order valence-corrected chi connectivity index (χ4v) is 4.87. The molecular formula is C27H34N2O5. The van der Waals surface area contributed by atoms with Crippen molar-refractivity contribution in [1.82, 2.24) is 10.2 Å². The minimum absolute atomic E-state index is 0.0313. The monoisotopic (exact) mass is 466 g/mol. The Morgan fingerprint density at radius 1 is 1.00 bits per heavy atom. The lowest BCUT2D eigenvalue weighted by Gasteiger charge is -2.45. The van der Waals surface area contributed by atoms with Gasteiger partial charge in [-0.2, -0.15) is 0 Å². The molecule has 1 aliphatic carbocycles. The zero-order valence-corrected chi connectivity index (χ0v) is 19.8. The van der Waals surface area contributed by atoms with Gasteiger partial charge in [-0.1, -0.05) is 37.3 Å². The fourth-order valence-electron chi connectivity index (χ4n) is 4.87. The van der Waals surface area contributed by atoms with Crippen LogP contribution < -0.4 is 10.1 Å². The standard InChI is InChI=1S/C27H34N2O5/c1-2-16-29(17-20-34-23-6-4-3-5-7-23)27(14-18-33-19-15-27)25(32)28-26(12-13-26)22-10-8-21(9-11-22)24(30)31/h3-11H,2,12-20H2,1H3,(H,28,32)(H,30,31). The zero-order valence-electron chi connectivity index (χ0n) is 19.8. The number of benzene rings is 2. The molecule has 2 aromatic carbocycles. The maximum atomic E-state index is 13.9. The normalized spacial score (nSPS) is 18.3. The second-order valence-corrected chi connectivity index (χ2v) is 9.21. The summed E-state index contributed by atoms with van der Waals surface area (Å²) in [6.45, 7) is 5.17. The van der Waals surface area contributed by atoms with E-state index in [2.05, 4.69) is 17.1 Å². The van der Waals surface area contributed by atoms with Crippen molar-refractivity contribution in [2.24, 2.45) is 0 Å². The molecule has 182 valence electrons. The molecule has 2 aromatic rings. The molecule has 4 rings (SSSR count). The first-order valence-electron chi connectivity index (χ1n) is 12.2. The van der Waals surface area contributed by atoms with Gasteiger partial charge in [0.1, 0.15) is 17.9 Å². The number of hydrogen-bond acceptors (Lipinski definition) is 5. The van der Waals surface area contributed by atoms with Crippen molar-refractivity contribution in [3.05, 3.63) is 65.7 Å². The van der Waals surface area contributed by atoms with Crippen molar-refractivity contribution in [1.29, 1.82) is 0 Å². The second kappa shape index (κ2) is 10.6. The predicted molar refractivity (Wildman–Crippen MR) is 129 cm³/mol. The molecule has 7 nitrogen and oxygen atoms in total. The Labute approximate surface area is 201 Å². The molecule has 2 N–H and O–H groups in total. The number of amides is 1. The first-order chi connectivity index (χ1) is 16.5. The molecule has 2 aliphatic rings. The molecule has 0 atom stereocenters. The quantitative estimate of drug-likeness (QED) is 0.523. The van der Waals surface area contributed by atoms with Gasteiger partial charge in [-0.3, -0.25) is 9.69 Å². The maximum absolute atomic E-state index is 13.9. The van der Waals surface area contributed by atoms with E-state index in [-0.39, 0.29) is 11.5 Å². The lowest BCUT2D eigenvalue weighted by Crippen LogP contribution is -2.63. The second-order valence-electron chi connectivity index (χ2n) is 9.21. The average molecular weight is 467 g/mol. The molecule has 0 radical (unpaired) electrons. The third-order valence-corrected chi connectivity index (χ3v) is 7.00. The maximum Gasteiger partial charge on any atom is 0.335 e. The number of para-hydroxylation sites is 1. The number of nitrogens with one attached hydrogen (secondary N) is 1. The lowest BCUT2D eigenvalue weighted by molar-refractivity contribution is -0.142. The number of carbonyl (C=O) groups excluding carboxylic acids is 1. The Bertz CT molecular complexity index is 966. The number of carboxylic acid groups (broad SMARTS) is 1. The number of carboxylic acids is 1. The van der Waals surface area contributed by atoms with Crippen LogP contribution in [0.4, 0.5) is 0 Å². The van der Waals surface area contributed by atoms with Gasteiger partial charge in [-0.15, -0.1) is 0 Å². The summed E-state index contributed by atoms with van der Waals surface area (Å²) in [6.07, 6.45) is 3.91. The van der Waals surface area contributed by atoms with E-state index in [0.717, 1.165) is 37.1 Å². The number of carbonyl (C=O) groups is 2. The Balaban J connectivity index is 1.50. The Hall–Kier alpha value is -2.90. The van der Waals surface area contributed by atoms with Crippen molar-refractivity contribution >= 4 is 11.9 Å². The minimum atomic E-state index is -0.950. The molecule has 0 spiro atoms. The van der Waals surface area contributed by atoms with Crippen LogP contribution in [0.5, 0.6) is 5.75 Å². The molecule has 0 bridgehead atoms. The molecule has 1 aliphatic heterocycles. The van der Waals surface area contributed by atoms with Crippen molar-refractivity contribution in [2.45, 2.75) is 50.1 Å². The summed E-state index contributed by atoms with van der Waals surface area (Å²) in [4.78, 5) is 27.4. The van der Waals surface area contributed by atoms with Gasteiger partial charge in [0.2, 0.25) is 5.91 Å². The summed E-state index contributed by atoms with van der Waals surface area (Å²) in [5, 5.41) is 12.6. The van der Waals surface area contributed by atoms with Crippen molar-refractivity contribution in [2.75, 3.05) is 32.9 Å². The van der Waals surface area contributed by atoms with Gasteiger partial charge in [0.05, 0.1) is 11.1 Å². The Morgan fingerprint density at radius 3 is 2.26 bits per heavy atom. The third kappa shape index (κ3) is 5.26. The first kappa shape index (κ1) is 24.2. The van der Waals surface area contributed by atoms with E-state index >= 15 is 0 Å². The average Bonchev–Trinajstić information content (AvgIpc) is 3.65. The number of ether oxygens (including phenoxy) is 2. The minimum Gasteiger partial charge on any atom is -0.492 e. The molecule has 1 heterocycles. The molecule has 2 fully saturated rings. The number of hydrogen-bond donors (Lipinski definition) is 2. The number of aromatic carboxylic acids is 1. The smallest absolute Gasteiger partial charge is 0.335 e. The highest BCUT2D eigenvalue weighted by atomic mass is 16.5. The summed E-state index contributed by atoms with van der Waals surface area (Å²) in [7, 11) is 0. The van der Waals surface area contributed by atoms with Gasteiger partial charge in [-0.05, 0) is 68.5 Å². The van der Waals surface area contributed by atoms with Crippen LogP contribution in [0.2, 0.25) is 0 Å². The van der Waals surface area contributed by atoms with Gasteiger partial charge >= 0.3 is 5.97 Å². The van der Waals surface area contributed by atoms with Gasteiger partial charge in [-0.25, -0.2) is 4.79 Å². The lowest BCUT2D eigenvalue weighted by atomic mass is 9.85. The summed E-state index contributed by atoms with van der Waals surface area (Å²) in [5.41, 5.74) is 0.143. The highest BCUT2D eigenvalue weighted by molar-refractivity contribution is 5.88. The van der Waals surface area contributed by atoms with E-state index in [1.54, 1.807) is 12.1 Å². The van der Waals surface area contributed by atoms with Gasteiger partial charge in [0.15, 0.2) is 0 Å². The molecule has 1 amide bonds. The van der Waals surface area contributed by atoms with Crippen LogP contribution in [0, 0.1) is 0 Å². The highest BCUT2D eigenvalue weighted by Gasteiger charge is 2.52. The van der Waals surface area contributed by atoms with E-state index in [1.165, 1.54) is 0 Å². The topological polar surface area (TPSA) is 88.1 Å². The molecule has 1 saturated carbocycles. The predicted octanol–water partition coefficient (Wildman–Crippen LogP) is 3.83. The van der Waals surface area contributed by atoms with Crippen LogP contribution in [-0.2, 0) is 15.1 Å². The van der Waals surface area contributed by atoms with Gasteiger partial charge < -0.3 is 19.9 Å². The van der Waals surface area contributed by atoms with E-state index in [0.29, 0.717) is 39.2 Å². The first-order valence-corrected chi connectivity index (χ1v) is 12.2. The Morgan fingerprint density at radius 2 is 1.68 bits per heavy atom. The van der Waals surface area contributed by atoms with Crippen LogP contribution in [0.25, 0.3) is 0 Å². The van der Waals surface area contributed by atoms with Crippen LogP contribution in [0.15, 0.2) is 54.6 Å². The van der Waals surface area contributed by atoms with Crippen LogP contribution in [0.1, 0.15) is 54.9 Å². The molecule has 0 aromatic heterocycles. The van der Waals surface area contributed by atoms with E-state index < -0.39 is 17.0 Å². The number of rotatable bonds is 11. The van der Waals surface area contributed by atoms with E-state index in [1.807, 2.05) is 42.5 Å². The molecule has 7 heteroatoms.